The van der Waals surface area contributed by atoms with Crippen LogP contribution in [0.15, 0.2) is 29.1 Å². The Morgan fingerprint density at radius 2 is 2.16 bits per heavy atom. The fraction of sp³-hybridized carbons (Fsp3) is 0.429. The number of rotatable bonds is 4. The topological polar surface area (TPSA) is 46.9 Å². The molecule has 0 spiro atoms. The van der Waals surface area contributed by atoms with Crippen molar-refractivity contribution in [1.82, 2.24) is 15.1 Å². The lowest BCUT2D eigenvalue weighted by Crippen LogP contribution is -2.22. The molecule has 1 aromatic heterocycles. The summed E-state index contributed by atoms with van der Waals surface area (Å²) in [6.07, 6.45) is 5.07. The first-order valence-electron chi connectivity index (χ1n) is 6.20. The van der Waals surface area contributed by atoms with E-state index in [-0.39, 0.29) is 11.8 Å². The molecule has 5 heteroatoms. The molecule has 0 aliphatic rings. The van der Waals surface area contributed by atoms with Crippen LogP contribution in [0, 0.1) is 0 Å². The van der Waals surface area contributed by atoms with Crippen molar-refractivity contribution in [3.8, 4) is 0 Å². The van der Waals surface area contributed by atoms with Gasteiger partial charge in [0.2, 0.25) is 0 Å². The summed E-state index contributed by atoms with van der Waals surface area (Å²) in [7, 11) is 1.84. The first kappa shape index (κ1) is 15.5. The van der Waals surface area contributed by atoms with E-state index >= 15 is 0 Å². The molecule has 1 rings (SSSR count). The third kappa shape index (κ3) is 3.96. The van der Waals surface area contributed by atoms with Gasteiger partial charge in [-0.05, 0) is 25.8 Å². The SMILES string of the molecule is CC=C(Cl)C=C(C)NC(=O)c1cnn(C)c1C(C)C. The molecule has 19 heavy (non-hydrogen) atoms. The highest BCUT2D eigenvalue weighted by molar-refractivity contribution is 6.31. The number of hydrogen-bond donors (Lipinski definition) is 1. The first-order chi connectivity index (χ1) is 8.86. The number of hydrogen-bond acceptors (Lipinski definition) is 2. The van der Waals surface area contributed by atoms with E-state index in [1.165, 1.54) is 0 Å². The van der Waals surface area contributed by atoms with Crippen molar-refractivity contribution >= 4 is 17.5 Å². The second-order valence-electron chi connectivity index (χ2n) is 4.68. The second kappa shape index (κ2) is 6.57. The van der Waals surface area contributed by atoms with E-state index in [0.717, 1.165) is 5.69 Å². The van der Waals surface area contributed by atoms with E-state index in [4.69, 9.17) is 11.6 Å². The van der Waals surface area contributed by atoms with Crippen LogP contribution in [-0.4, -0.2) is 15.7 Å². The van der Waals surface area contributed by atoms with Gasteiger partial charge in [-0.3, -0.25) is 9.48 Å². The number of allylic oxidation sites excluding steroid dienone is 4. The van der Waals surface area contributed by atoms with Crippen molar-refractivity contribution in [3.05, 3.63) is 40.3 Å². The Balaban J connectivity index is 2.94. The fourth-order valence-corrected chi connectivity index (χ4v) is 2.04. The molecule has 1 aromatic rings. The molecule has 4 nitrogen and oxygen atoms in total. The third-order valence-electron chi connectivity index (χ3n) is 2.72. The van der Waals surface area contributed by atoms with Crippen LogP contribution >= 0.6 is 11.6 Å². The molecule has 1 amide bonds. The normalized spacial score (nSPS) is 13.0. The van der Waals surface area contributed by atoms with E-state index < -0.39 is 0 Å². The molecule has 0 bridgehead atoms. The average Bonchev–Trinajstić information content (AvgIpc) is 2.70. The zero-order valence-electron chi connectivity index (χ0n) is 12.0. The summed E-state index contributed by atoms with van der Waals surface area (Å²) in [5.41, 5.74) is 2.22. The molecular weight excluding hydrogens is 262 g/mol. The van der Waals surface area contributed by atoms with Gasteiger partial charge in [0.1, 0.15) is 0 Å². The Hall–Kier alpha value is -1.55. The van der Waals surface area contributed by atoms with Crippen LogP contribution in [0.1, 0.15) is 49.7 Å². The molecular formula is C14H20ClN3O. The van der Waals surface area contributed by atoms with E-state index in [2.05, 4.69) is 10.4 Å². The van der Waals surface area contributed by atoms with Crippen LogP contribution in [0.3, 0.4) is 0 Å². The van der Waals surface area contributed by atoms with Crippen molar-refractivity contribution in [1.29, 1.82) is 0 Å². The molecule has 0 aliphatic heterocycles. The molecule has 0 saturated carbocycles. The number of carbonyl (C=O) groups is 1. The van der Waals surface area contributed by atoms with Gasteiger partial charge in [0.15, 0.2) is 0 Å². The summed E-state index contributed by atoms with van der Waals surface area (Å²) in [6.45, 7) is 7.71. The van der Waals surface area contributed by atoms with E-state index in [9.17, 15) is 4.79 Å². The minimum Gasteiger partial charge on any atom is -0.326 e. The van der Waals surface area contributed by atoms with Crippen LogP contribution in [0.5, 0.6) is 0 Å². The van der Waals surface area contributed by atoms with Crippen molar-refractivity contribution in [3.63, 3.8) is 0 Å². The van der Waals surface area contributed by atoms with Gasteiger partial charge in [-0.1, -0.05) is 31.5 Å². The van der Waals surface area contributed by atoms with Gasteiger partial charge in [0.25, 0.3) is 5.91 Å². The summed E-state index contributed by atoms with van der Waals surface area (Å²) in [6, 6.07) is 0. The Labute approximate surface area is 119 Å². The summed E-state index contributed by atoms with van der Waals surface area (Å²) in [4.78, 5) is 12.2. The van der Waals surface area contributed by atoms with E-state index in [0.29, 0.717) is 16.3 Å². The Bertz CT molecular complexity index is 527. The van der Waals surface area contributed by atoms with Gasteiger partial charge >= 0.3 is 0 Å². The van der Waals surface area contributed by atoms with Gasteiger partial charge in [0, 0.05) is 17.8 Å². The summed E-state index contributed by atoms with van der Waals surface area (Å²) < 4.78 is 1.73. The van der Waals surface area contributed by atoms with Crippen LogP contribution < -0.4 is 5.32 Å². The predicted molar refractivity (Wildman–Crippen MR) is 78.1 cm³/mol. The second-order valence-corrected chi connectivity index (χ2v) is 5.11. The minimum absolute atomic E-state index is 0.161. The lowest BCUT2D eigenvalue weighted by atomic mass is 10.1. The van der Waals surface area contributed by atoms with Crippen LogP contribution in [0.2, 0.25) is 0 Å². The number of halogens is 1. The molecule has 0 saturated heterocycles. The number of nitrogens with zero attached hydrogens (tertiary/aromatic N) is 2. The maximum absolute atomic E-state index is 12.2. The molecule has 0 atom stereocenters. The van der Waals surface area contributed by atoms with Gasteiger partial charge in [-0.25, -0.2) is 0 Å². The van der Waals surface area contributed by atoms with Crippen LogP contribution in [0.25, 0.3) is 0 Å². The van der Waals surface area contributed by atoms with Crippen molar-refractivity contribution < 1.29 is 4.79 Å². The van der Waals surface area contributed by atoms with Gasteiger partial charge in [0.05, 0.1) is 17.5 Å². The number of nitrogens with one attached hydrogen (secondary N) is 1. The smallest absolute Gasteiger partial charge is 0.258 e. The summed E-state index contributed by atoms with van der Waals surface area (Å²) >= 11 is 5.89. The van der Waals surface area contributed by atoms with E-state index in [1.54, 1.807) is 30.0 Å². The predicted octanol–water partition coefficient (Wildman–Crippen LogP) is 3.32. The molecule has 0 aromatic carbocycles. The molecule has 1 N–H and O–H groups in total. The first-order valence-corrected chi connectivity index (χ1v) is 6.58. The highest BCUT2D eigenvalue weighted by Gasteiger charge is 2.18. The Morgan fingerprint density at radius 1 is 1.53 bits per heavy atom. The maximum atomic E-state index is 12.2. The molecule has 0 radical (unpaired) electrons. The van der Waals surface area contributed by atoms with Gasteiger partial charge in [-0.2, -0.15) is 5.10 Å². The van der Waals surface area contributed by atoms with Crippen molar-refractivity contribution in [2.24, 2.45) is 7.05 Å². The van der Waals surface area contributed by atoms with Crippen molar-refractivity contribution in [2.45, 2.75) is 33.6 Å². The number of aromatic nitrogens is 2. The molecule has 0 unspecified atom stereocenters. The summed E-state index contributed by atoms with van der Waals surface area (Å²) in [5.74, 6) is 0.0720. The van der Waals surface area contributed by atoms with Crippen LogP contribution in [0.4, 0.5) is 0 Å². The maximum Gasteiger partial charge on any atom is 0.258 e. The molecule has 0 aliphatic carbocycles. The highest BCUT2D eigenvalue weighted by atomic mass is 35.5. The van der Waals surface area contributed by atoms with E-state index in [1.807, 2.05) is 27.8 Å². The molecule has 0 fully saturated rings. The third-order valence-corrected chi connectivity index (χ3v) is 3.04. The standard InChI is InChI=1S/C14H20ClN3O/c1-6-11(15)7-10(4)17-14(19)12-8-16-18(5)13(12)9(2)3/h6-9H,1-5H3,(H,17,19). The zero-order chi connectivity index (χ0) is 14.6. The molecule has 104 valence electrons. The Morgan fingerprint density at radius 3 is 2.68 bits per heavy atom. The van der Waals surface area contributed by atoms with Crippen LogP contribution in [-0.2, 0) is 7.05 Å². The monoisotopic (exact) mass is 281 g/mol. The van der Waals surface area contributed by atoms with Crippen molar-refractivity contribution in [2.75, 3.05) is 0 Å². The fourth-order valence-electron chi connectivity index (χ4n) is 1.88. The lowest BCUT2D eigenvalue weighted by molar-refractivity contribution is 0.0964. The number of aryl methyl sites for hydroxylation is 1. The number of carbonyl (C=O) groups excluding carboxylic acids is 1. The quantitative estimate of drug-likeness (QED) is 0.861. The largest absolute Gasteiger partial charge is 0.326 e. The van der Waals surface area contributed by atoms with Gasteiger partial charge < -0.3 is 5.32 Å². The number of amides is 1. The average molecular weight is 282 g/mol. The molecule has 1 heterocycles. The van der Waals surface area contributed by atoms with Gasteiger partial charge in [-0.15, -0.1) is 0 Å². The summed E-state index contributed by atoms with van der Waals surface area (Å²) in [5, 5.41) is 7.55. The zero-order valence-corrected chi connectivity index (χ0v) is 12.7. The lowest BCUT2D eigenvalue weighted by Gasteiger charge is -2.10. The Kier molecular flexibility index (Phi) is 5.36. The highest BCUT2D eigenvalue weighted by Crippen LogP contribution is 2.18. The minimum atomic E-state index is -0.161.